The van der Waals surface area contributed by atoms with Gasteiger partial charge in [0.2, 0.25) is 10.0 Å². The quantitative estimate of drug-likeness (QED) is 0.743. The Bertz CT molecular complexity index is 532. The van der Waals surface area contributed by atoms with E-state index in [1.165, 1.54) is 16.4 Å². The average Bonchev–Trinajstić information content (AvgIpc) is 2.39. The smallest absolute Gasteiger partial charge is 0.207 e. The fraction of sp³-hybridized carbons (Fsp3) is 0.462. The second-order valence-electron chi connectivity index (χ2n) is 4.17. The van der Waals surface area contributed by atoms with Gasteiger partial charge in [-0.05, 0) is 24.6 Å². The van der Waals surface area contributed by atoms with Crippen molar-refractivity contribution in [3.05, 3.63) is 29.8 Å². The normalized spacial score (nSPS) is 11.4. The minimum absolute atomic E-state index is 0.181. The molecule has 0 radical (unpaired) electrons. The van der Waals surface area contributed by atoms with Crippen molar-refractivity contribution in [3.8, 4) is 6.07 Å². The highest BCUT2D eigenvalue weighted by atomic mass is 32.2. The van der Waals surface area contributed by atoms with Gasteiger partial charge in [0.05, 0.1) is 16.5 Å². The Morgan fingerprint density at radius 3 is 2.67 bits per heavy atom. The molecular weight excluding hydrogens is 248 g/mol. The summed E-state index contributed by atoms with van der Waals surface area (Å²) in [7, 11) is -1.90. The molecule has 0 aromatic heterocycles. The largest absolute Gasteiger partial charge is 0.242 e. The molecule has 0 amide bonds. The van der Waals surface area contributed by atoms with Crippen molar-refractivity contribution in [1.82, 2.24) is 4.31 Å². The van der Waals surface area contributed by atoms with Gasteiger partial charge in [-0.15, -0.1) is 0 Å². The van der Waals surface area contributed by atoms with Gasteiger partial charge in [0.15, 0.2) is 0 Å². The number of hydrogen-bond donors (Lipinski definition) is 0. The summed E-state index contributed by atoms with van der Waals surface area (Å²) in [6, 6.07) is 8.06. The first kappa shape index (κ1) is 14.7. The maximum absolute atomic E-state index is 12.2. The lowest BCUT2D eigenvalue weighted by Gasteiger charge is -2.17. The van der Waals surface area contributed by atoms with Crippen LogP contribution in [0.2, 0.25) is 0 Å². The first-order chi connectivity index (χ1) is 8.52. The van der Waals surface area contributed by atoms with Crippen molar-refractivity contribution in [2.24, 2.45) is 0 Å². The molecule has 0 aliphatic heterocycles. The molecule has 5 heteroatoms. The summed E-state index contributed by atoms with van der Waals surface area (Å²) in [4.78, 5) is 0.181. The SMILES string of the molecule is CCCCCN(C)S(=O)(=O)c1cccc(C#N)c1. The molecule has 1 rings (SSSR count). The fourth-order valence-electron chi connectivity index (χ4n) is 1.61. The van der Waals surface area contributed by atoms with Gasteiger partial charge in [-0.25, -0.2) is 12.7 Å². The van der Waals surface area contributed by atoms with Crippen molar-refractivity contribution in [2.45, 2.75) is 31.1 Å². The van der Waals surface area contributed by atoms with Crippen LogP contribution in [0.5, 0.6) is 0 Å². The maximum atomic E-state index is 12.2. The van der Waals surface area contributed by atoms with E-state index in [0.29, 0.717) is 12.1 Å². The van der Waals surface area contributed by atoms with Gasteiger partial charge >= 0.3 is 0 Å². The predicted molar refractivity (Wildman–Crippen MR) is 70.5 cm³/mol. The van der Waals surface area contributed by atoms with Crippen LogP contribution in [-0.2, 0) is 10.0 Å². The van der Waals surface area contributed by atoms with Crippen molar-refractivity contribution in [3.63, 3.8) is 0 Å². The van der Waals surface area contributed by atoms with E-state index in [1.54, 1.807) is 19.2 Å². The van der Waals surface area contributed by atoms with Gasteiger partial charge < -0.3 is 0 Å². The molecule has 0 spiro atoms. The van der Waals surface area contributed by atoms with E-state index in [-0.39, 0.29) is 4.90 Å². The van der Waals surface area contributed by atoms with E-state index in [9.17, 15) is 8.42 Å². The van der Waals surface area contributed by atoms with Crippen LogP contribution in [-0.4, -0.2) is 26.3 Å². The third-order valence-corrected chi connectivity index (χ3v) is 4.60. The summed E-state index contributed by atoms with van der Waals surface area (Å²) in [5.74, 6) is 0. The topological polar surface area (TPSA) is 61.2 Å². The zero-order chi connectivity index (χ0) is 13.6. The number of sulfonamides is 1. The minimum Gasteiger partial charge on any atom is -0.207 e. The van der Waals surface area contributed by atoms with Gasteiger partial charge in [-0.3, -0.25) is 0 Å². The lowest BCUT2D eigenvalue weighted by Crippen LogP contribution is -2.28. The second kappa shape index (κ2) is 6.53. The summed E-state index contributed by atoms with van der Waals surface area (Å²) in [6.07, 6.45) is 2.92. The molecule has 0 N–H and O–H groups in total. The minimum atomic E-state index is -3.47. The second-order valence-corrected chi connectivity index (χ2v) is 6.22. The van der Waals surface area contributed by atoms with Gasteiger partial charge in [-0.1, -0.05) is 25.8 Å². The van der Waals surface area contributed by atoms with Gasteiger partial charge in [0, 0.05) is 13.6 Å². The molecule has 1 aromatic carbocycles. The fourth-order valence-corrected chi connectivity index (χ4v) is 2.87. The number of hydrogen-bond acceptors (Lipinski definition) is 3. The molecule has 98 valence electrons. The Balaban J connectivity index is 2.88. The third-order valence-electron chi connectivity index (χ3n) is 2.75. The lowest BCUT2D eigenvalue weighted by atomic mass is 10.2. The molecule has 0 aliphatic rings. The number of nitriles is 1. The number of benzene rings is 1. The summed E-state index contributed by atoms with van der Waals surface area (Å²) in [5, 5.41) is 8.78. The van der Waals surface area contributed by atoms with Crippen LogP contribution >= 0.6 is 0 Å². The molecule has 1 aromatic rings. The van der Waals surface area contributed by atoms with Gasteiger partial charge in [-0.2, -0.15) is 5.26 Å². The van der Waals surface area contributed by atoms with E-state index in [2.05, 4.69) is 6.92 Å². The highest BCUT2D eigenvalue weighted by molar-refractivity contribution is 7.89. The number of nitrogens with zero attached hydrogens (tertiary/aromatic N) is 2. The zero-order valence-corrected chi connectivity index (χ0v) is 11.6. The molecule has 0 bridgehead atoms. The molecule has 0 unspecified atom stereocenters. The average molecular weight is 266 g/mol. The first-order valence-electron chi connectivity index (χ1n) is 5.99. The van der Waals surface area contributed by atoms with E-state index in [0.717, 1.165) is 19.3 Å². The zero-order valence-electron chi connectivity index (χ0n) is 10.8. The summed E-state index contributed by atoms with van der Waals surface area (Å²) < 4.78 is 25.8. The Morgan fingerprint density at radius 2 is 2.06 bits per heavy atom. The third kappa shape index (κ3) is 3.56. The van der Waals surface area contributed by atoms with E-state index >= 15 is 0 Å². The molecule has 4 nitrogen and oxygen atoms in total. The molecule has 0 aliphatic carbocycles. The summed E-state index contributed by atoms with van der Waals surface area (Å²) >= 11 is 0. The molecule has 0 saturated heterocycles. The van der Waals surface area contributed by atoms with Crippen LogP contribution in [0.4, 0.5) is 0 Å². The number of rotatable bonds is 6. The predicted octanol–water partition coefficient (Wildman–Crippen LogP) is 2.37. The van der Waals surface area contributed by atoms with Gasteiger partial charge in [0.1, 0.15) is 0 Å². The Kier molecular flexibility index (Phi) is 5.32. The summed E-state index contributed by atoms with van der Waals surface area (Å²) in [5.41, 5.74) is 0.359. The molecule has 0 fully saturated rings. The Morgan fingerprint density at radius 1 is 1.33 bits per heavy atom. The van der Waals surface area contributed by atoms with Crippen molar-refractivity contribution >= 4 is 10.0 Å². The van der Waals surface area contributed by atoms with E-state index in [1.807, 2.05) is 6.07 Å². The Hall–Kier alpha value is -1.38. The van der Waals surface area contributed by atoms with Crippen LogP contribution in [0.15, 0.2) is 29.2 Å². The summed E-state index contributed by atoms with van der Waals surface area (Å²) in [6.45, 7) is 2.58. The van der Waals surface area contributed by atoms with Crippen molar-refractivity contribution in [2.75, 3.05) is 13.6 Å². The van der Waals surface area contributed by atoms with E-state index < -0.39 is 10.0 Å². The number of unbranched alkanes of at least 4 members (excludes halogenated alkanes) is 2. The van der Waals surface area contributed by atoms with Gasteiger partial charge in [0.25, 0.3) is 0 Å². The highest BCUT2D eigenvalue weighted by Crippen LogP contribution is 2.16. The molecule has 0 heterocycles. The van der Waals surface area contributed by atoms with Crippen LogP contribution in [0.1, 0.15) is 31.7 Å². The lowest BCUT2D eigenvalue weighted by molar-refractivity contribution is 0.454. The first-order valence-corrected chi connectivity index (χ1v) is 7.43. The highest BCUT2D eigenvalue weighted by Gasteiger charge is 2.20. The van der Waals surface area contributed by atoms with E-state index in [4.69, 9.17) is 5.26 Å². The van der Waals surface area contributed by atoms with Crippen molar-refractivity contribution < 1.29 is 8.42 Å². The van der Waals surface area contributed by atoms with Crippen LogP contribution < -0.4 is 0 Å². The molecule has 18 heavy (non-hydrogen) atoms. The standard InChI is InChI=1S/C13H18N2O2S/c1-3-4-5-9-15(2)18(16,17)13-8-6-7-12(10-13)11-14/h6-8,10H,3-5,9H2,1-2H3. The van der Waals surface area contributed by atoms with Crippen LogP contribution in [0.3, 0.4) is 0 Å². The maximum Gasteiger partial charge on any atom is 0.242 e. The monoisotopic (exact) mass is 266 g/mol. The van der Waals surface area contributed by atoms with Crippen LogP contribution in [0, 0.1) is 11.3 Å². The molecule has 0 saturated carbocycles. The van der Waals surface area contributed by atoms with Crippen molar-refractivity contribution in [1.29, 1.82) is 5.26 Å². The molecular formula is C13H18N2O2S. The van der Waals surface area contributed by atoms with Crippen LogP contribution in [0.25, 0.3) is 0 Å². The Labute approximate surface area is 109 Å². The molecule has 0 atom stereocenters.